The predicted octanol–water partition coefficient (Wildman–Crippen LogP) is 9.21. The predicted molar refractivity (Wildman–Crippen MR) is 158 cm³/mol. The fourth-order valence-electron chi connectivity index (χ4n) is 4.50. The van der Waals surface area contributed by atoms with E-state index in [0.29, 0.717) is 44.8 Å². The van der Waals surface area contributed by atoms with E-state index in [-0.39, 0.29) is 67.9 Å². The molecule has 197 valence electrons. The molecule has 6 aromatic rings. The fourth-order valence-corrected chi connectivity index (χ4v) is 5.67. The van der Waals surface area contributed by atoms with Crippen molar-refractivity contribution in [2.24, 2.45) is 0 Å². The van der Waals surface area contributed by atoms with E-state index in [1.165, 1.54) is 17.4 Å². The number of hydrogen-bond acceptors (Lipinski definition) is 4. The second-order valence-corrected chi connectivity index (χ2v) is 9.82. The summed E-state index contributed by atoms with van der Waals surface area (Å²) >= 11 is 1.25. The molecule has 0 atom stereocenters. The minimum atomic E-state index is -2.31. The molecule has 4 heterocycles. The molecule has 7 rings (SSSR count). The first kappa shape index (κ1) is 16.8. The molecule has 0 amide bonds. The van der Waals surface area contributed by atoms with Crippen LogP contribution in [0.2, 0.25) is 0 Å². The van der Waals surface area contributed by atoms with Gasteiger partial charge in [0.15, 0.2) is 0 Å². The van der Waals surface area contributed by atoms with E-state index >= 15 is 0 Å². The Balaban J connectivity index is 0.000000195. The van der Waals surface area contributed by atoms with Gasteiger partial charge in [-0.25, -0.2) is 4.98 Å². The van der Waals surface area contributed by atoms with Crippen molar-refractivity contribution in [1.29, 1.82) is 0 Å². The van der Waals surface area contributed by atoms with Gasteiger partial charge in [-0.1, -0.05) is 73.7 Å². The Labute approximate surface area is 263 Å². The fraction of sp³-hybridized carbons (Fsp3) is 0.206. The van der Waals surface area contributed by atoms with Gasteiger partial charge in [0.2, 0.25) is 0 Å². The van der Waals surface area contributed by atoms with Crippen molar-refractivity contribution in [3.63, 3.8) is 0 Å². The SMILES string of the molecule is [2H]c1[c-]c(-c2ccccn2)c([2H])c([2H])c1C1([2H])CCCCC1.[2H]c1nc(-c2[c-]ccc3c2sc2nc(C([2H])([2H])[2H])ccc23)c([2H])c([2H])c1[2H].[Ir]. The molecular formula is C34H29IrN3S-2. The topological polar surface area (TPSA) is 38.7 Å². The van der Waals surface area contributed by atoms with Gasteiger partial charge in [-0.05, 0) is 47.9 Å². The second kappa shape index (κ2) is 12.7. The number of aryl methyl sites for hydroxylation is 1. The number of rotatable bonds is 3. The largest absolute Gasteiger partial charge is 0.305 e. The van der Waals surface area contributed by atoms with Crippen LogP contribution in [0.3, 0.4) is 0 Å². The summed E-state index contributed by atoms with van der Waals surface area (Å²) in [6.45, 7) is -2.31. The third-order valence-corrected chi connectivity index (χ3v) is 7.49. The normalized spacial score (nSPS) is 18.6. The van der Waals surface area contributed by atoms with Crippen LogP contribution in [0, 0.1) is 19.0 Å². The molecule has 0 unspecified atom stereocenters. The van der Waals surface area contributed by atoms with Crippen LogP contribution in [0.15, 0.2) is 91.1 Å². The second-order valence-electron chi connectivity index (χ2n) is 8.82. The molecule has 1 aliphatic rings. The van der Waals surface area contributed by atoms with E-state index in [0.717, 1.165) is 30.0 Å². The molecule has 1 fully saturated rings. The van der Waals surface area contributed by atoms with Crippen molar-refractivity contribution in [2.75, 3.05) is 0 Å². The standard InChI is InChI=1S/C17H11N2S.C17H18N.Ir/c1-11-8-9-13-12-5-4-6-14(15-7-2-3-10-18-15)16(12)20-17(13)19-11;1-2-6-14(7-3-1)15-9-11-16(12-10-15)17-8-4-5-13-18-17;/h2-5,7-10H,1H3;4-5,8-11,13-14H,1-3,6-7H2;/q2*-1;/i1D3,2D,3D,7D,10D;9D,10D,11D,14D;. The molecule has 4 aromatic heterocycles. The van der Waals surface area contributed by atoms with E-state index in [4.69, 9.17) is 15.1 Å². The van der Waals surface area contributed by atoms with Crippen LogP contribution in [-0.2, 0) is 20.1 Å². The Morgan fingerprint density at radius 1 is 0.949 bits per heavy atom. The average molecular weight is 715 g/mol. The first-order valence-electron chi connectivity index (χ1n) is 17.9. The summed E-state index contributed by atoms with van der Waals surface area (Å²) in [5.41, 5.74) is 1.83. The summed E-state index contributed by atoms with van der Waals surface area (Å²) in [6, 6.07) is 17.0. The van der Waals surface area contributed by atoms with Crippen molar-refractivity contribution in [3.8, 4) is 22.5 Å². The van der Waals surface area contributed by atoms with Gasteiger partial charge in [-0.15, -0.1) is 59.1 Å². The zero-order chi connectivity index (χ0) is 35.2. The molecule has 39 heavy (non-hydrogen) atoms. The van der Waals surface area contributed by atoms with Crippen molar-refractivity contribution in [1.82, 2.24) is 15.0 Å². The maximum atomic E-state index is 8.66. The summed E-state index contributed by atoms with van der Waals surface area (Å²) < 4.78 is 88.2. The van der Waals surface area contributed by atoms with Gasteiger partial charge in [0.05, 0.1) is 5.48 Å². The summed E-state index contributed by atoms with van der Waals surface area (Å²) in [7, 11) is 0. The quantitative estimate of drug-likeness (QED) is 0.172. The maximum absolute atomic E-state index is 8.66. The first-order valence-corrected chi connectivity index (χ1v) is 13.2. The third-order valence-electron chi connectivity index (χ3n) is 6.36. The van der Waals surface area contributed by atoms with Crippen LogP contribution in [0.25, 0.3) is 42.8 Å². The summed E-state index contributed by atoms with van der Waals surface area (Å²) in [5.74, 6) is -0.915. The van der Waals surface area contributed by atoms with E-state index < -0.39 is 18.8 Å². The van der Waals surface area contributed by atoms with E-state index in [1.54, 1.807) is 30.5 Å². The van der Waals surface area contributed by atoms with E-state index in [2.05, 4.69) is 27.1 Å². The van der Waals surface area contributed by atoms with Gasteiger partial charge in [-0.3, -0.25) is 0 Å². The Bertz CT molecular complexity index is 2200. The molecule has 0 spiro atoms. The molecule has 1 saturated carbocycles. The van der Waals surface area contributed by atoms with Crippen LogP contribution in [0.1, 0.15) is 64.3 Å². The van der Waals surface area contributed by atoms with Crippen molar-refractivity contribution in [2.45, 2.75) is 44.8 Å². The first-order chi connectivity index (χ1) is 23.2. The van der Waals surface area contributed by atoms with Crippen LogP contribution in [0.4, 0.5) is 0 Å². The van der Waals surface area contributed by atoms with E-state index in [9.17, 15) is 0 Å². The van der Waals surface area contributed by atoms with E-state index in [1.807, 2.05) is 12.1 Å². The molecule has 0 aliphatic heterocycles. The van der Waals surface area contributed by atoms with Crippen LogP contribution in [0.5, 0.6) is 0 Å². The molecule has 0 bridgehead atoms. The van der Waals surface area contributed by atoms with Crippen LogP contribution < -0.4 is 0 Å². The van der Waals surface area contributed by atoms with Gasteiger partial charge in [0.1, 0.15) is 4.83 Å². The summed E-state index contributed by atoms with van der Waals surface area (Å²) in [5, 5.41) is 1.58. The zero-order valence-electron chi connectivity index (χ0n) is 31.7. The number of pyridine rings is 3. The molecule has 3 nitrogen and oxygen atoms in total. The third kappa shape index (κ3) is 6.17. The van der Waals surface area contributed by atoms with Crippen molar-refractivity contribution < 1.29 is 35.2 Å². The molecule has 1 aliphatic carbocycles. The number of thiophene rings is 1. The maximum Gasteiger partial charge on any atom is 0.113 e. The monoisotopic (exact) mass is 715 g/mol. The van der Waals surface area contributed by atoms with Crippen LogP contribution in [-0.4, -0.2) is 15.0 Å². The van der Waals surface area contributed by atoms with Gasteiger partial charge < -0.3 is 9.97 Å². The van der Waals surface area contributed by atoms with Gasteiger partial charge in [0.25, 0.3) is 0 Å². The minimum absolute atomic E-state index is 0. The Kier molecular flexibility index (Phi) is 5.48. The molecule has 1 radical (unpaired) electrons. The van der Waals surface area contributed by atoms with Crippen molar-refractivity contribution in [3.05, 3.63) is 114 Å². The Morgan fingerprint density at radius 3 is 2.72 bits per heavy atom. The summed E-state index contributed by atoms with van der Waals surface area (Å²) in [4.78, 5) is 13.0. The number of hydrogen-bond donors (Lipinski definition) is 0. The van der Waals surface area contributed by atoms with Crippen molar-refractivity contribution >= 4 is 31.6 Å². The van der Waals surface area contributed by atoms with Gasteiger partial charge in [-0.2, -0.15) is 11.3 Å². The number of aromatic nitrogens is 3. The van der Waals surface area contributed by atoms with Gasteiger partial charge in [0, 0.05) is 46.4 Å². The Hall–Kier alpha value is -3.24. The minimum Gasteiger partial charge on any atom is -0.305 e. The average Bonchev–Trinajstić information content (AvgIpc) is 3.46. The molecular weight excluding hydrogens is 675 g/mol. The number of fused-ring (bicyclic) bond motifs is 3. The van der Waals surface area contributed by atoms with Crippen LogP contribution >= 0.6 is 11.3 Å². The zero-order valence-corrected chi connectivity index (χ0v) is 23.9. The molecule has 5 heteroatoms. The molecule has 0 saturated heterocycles. The number of benzene rings is 2. The molecule has 0 N–H and O–H groups in total. The smallest absolute Gasteiger partial charge is 0.113 e. The Morgan fingerprint density at radius 2 is 1.87 bits per heavy atom. The van der Waals surface area contributed by atoms with Gasteiger partial charge >= 0.3 is 0 Å². The summed E-state index contributed by atoms with van der Waals surface area (Å²) in [6.07, 6.45) is 5.54. The number of nitrogens with zero attached hydrogens (tertiary/aromatic N) is 3. The molecule has 2 aromatic carbocycles.